The van der Waals surface area contributed by atoms with Gasteiger partial charge in [0.15, 0.2) is 0 Å². The second-order valence-corrected chi connectivity index (χ2v) is 3.70. The van der Waals surface area contributed by atoms with Gasteiger partial charge in [0.2, 0.25) is 11.8 Å². The maximum Gasteiger partial charge on any atom is 0.323 e. The predicted molar refractivity (Wildman–Crippen MR) is 74.2 cm³/mol. The average Bonchev–Trinajstić information content (AvgIpc) is 2.48. The monoisotopic (exact) mass is 274 g/mol. The molecule has 0 unspecified atom stereocenters. The third-order valence-corrected chi connectivity index (χ3v) is 2.43. The zero-order valence-corrected chi connectivity index (χ0v) is 11.1. The number of nitrogens with zero attached hydrogens (tertiary/aromatic N) is 2. The number of amides is 2. The van der Waals surface area contributed by atoms with Crippen molar-refractivity contribution in [2.45, 2.75) is 0 Å². The van der Waals surface area contributed by atoms with Crippen LogP contribution in [0.3, 0.4) is 0 Å². The molecule has 0 bridgehead atoms. The molecule has 0 aliphatic rings. The Morgan fingerprint density at radius 3 is 1.80 bits per heavy atom. The van der Waals surface area contributed by atoms with Crippen molar-refractivity contribution >= 4 is 17.4 Å². The molecule has 0 saturated carbocycles. The Balaban J connectivity index is 2.09. The van der Waals surface area contributed by atoms with Crippen LogP contribution < -0.4 is 20.1 Å². The summed E-state index contributed by atoms with van der Waals surface area (Å²) < 4.78 is 10.1. The molecule has 2 heterocycles. The molecular weight excluding hydrogens is 260 g/mol. The van der Waals surface area contributed by atoms with Crippen LogP contribution in [0.2, 0.25) is 0 Å². The van der Waals surface area contributed by atoms with E-state index in [1.807, 2.05) is 0 Å². The van der Waals surface area contributed by atoms with Gasteiger partial charge in [-0.25, -0.2) is 14.8 Å². The van der Waals surface area contributed by atoms with E-state index in [1.165, 1.54) is 14.2 Å². The summed E-state index contributed by atoms with van der Waals surface area (Å²) >= 11 is 0. The van der Waals surface area contributed by atoms with Gasteiger partial charge in [0.05, 0.1) is 14.2 Å². The van der Waals surface area contributed by atoms with Crippen LogP contribution in [0.1, 0.15) is 0 Å². The second kappa shape index (κ2) is 6.37. The highest BCUT2D eigenvalue weighted by atomic mass is 16.5. The summed E-state index contributed by atoms with van der Waals surface area (Å²) in [7, 11) is 2.96. The van der Waals surface area contributed by atoms with Gasteiger partial charge in [-0.3, -0.25) is 0 Å². The van der Waals surface area contributed by atoms with Crippen molar-refractivity contribution in [3.8, 4) is 11.8 Å². The fraction of sp³-hybridized carbons (Fsp3) is 0.154. The second-order valence-electron chi connectivity index (χ2n) is 3.70. The normalized spacial score (nSPS) is 9.70. The van der Waals surface area contributed by atoms with Gasteiger partial charge in [-0.15, -0.1) is 0 Å². The summed E-state index contributed by atoms with van der Waals surface area (Å²) in [6.45, 7) is 0. The number of anilines is 2. The lowest BCUT2D eigenvalue weighted by Crippen LogP contribution is -2.20. The maximum atomic E-state index is 11.9. The zero-order valence-electron chi connectivity index (χ0n) is 11.1. The first-order valence-corrected chi connectivity index (χ1v) is 5.80. The topological polar surface area (TPSA) is 85.4 Å². The molecular formula is C13H14N4O3. The number of rotatable bonds is 4. The number of aromatic nitrogens is 2. The number of hydrogen-bond acceptors (Lipinski definition) is 5. The highest BCUT2D eigenvalue weighted by Crippen LogP contribution is 2.22. The molecule has 0 saturated heterocycles. The number of carbonyl (C=O) groups is 1. The summed E-state index contributed by atoms with van der Waals surface area (Å²) in [6, 6.07) is 6.33. The van der Waals surface area contributed by atoms with Crippen LogP contribution in [-0.2, 0) is 0 Å². The summed E-state index contributed by atoms with van der Waals surface area (Å²) in [6.07, 6.45) is 3.15. The molecule has 2 amide bonds. The van der Waals surface area contributed by atoms with Crippen molar-refractivity contribution in [3.05, 3.63) is 36.7 Å². The Labute approximate surface area is 116 Å². The molecule has 2 N–H and O–H groups in total. The first kappa shape index (κ1) is 13.6. The van der Waals surface area contributed by atoms with E-state index in [2.05, 4.69) is 20.6 Å². The van der Waals surface area contributed by atoms with Crippen LogP contribution in [0.15, 0.2) is 36.7 Å². The number of methoxy groups -OCH3 is 2. The summed E-state index contributed by atoms with van der Waals surface area (Å²) in [5.74, 6) is 0.668. The van der Waals surface area contributed by atoms with Crippen molar-refractivity contribution in [3.63, 3.8) is 0 Å². The molecule has 2 rings (SSSR count). The van der Waals surface area contributed by atoms with Gasteiger partial charge < -0.3 is 20.1 Å². The van der Waals surface area contributed by atoms with E-state index in [9.17, 15) is 4.79 Å². The van der Waals surface area contributed by atoms with Crippen molar-refractivity contribution in [2.75, 3.05) is 24.9 Å². The number of carbonyl (C=O) groups excluding carboxylic acids is 1. The minimum atomic E-state index is -0.442. The van der Waals surface area contributed by atoms with Gasteiger partial charge in [-0.2, -0.15) is 0 Å². The number of hydrogen-bond donors (Lipinski definition) is 2. The van der Waals surface area contributed by atoms with Gasteiger partial charge in [0.25, 0.3) is 0 Å². The molecule has 7 nitrogen and oxygen atoms in total. The third-order valence-electron chi connectivity index (χ3n) is 2.43. The minimum Gasteiger partial charge on any atom is -0.480 e. The standard InChI is InChI=1S/C13H14N4O3/c1-19-11-9(5-3-7-14-11)16-13(18)17-10-6-4-8-15-12(10)20-2/h3-8H,1-2H3,(H2,16,17,18). The first-order valence-electron chi connectivity index (χ1n) is 5.80. The van der Waals surface area contributed by atoms with Crippen molar-refractivity contribution < 1.29 is 14.3 Å². The van der Waals surface area contributed by atoms with E-state index in [0.717, 1.165) is 0 Å². The number of urea groups is 1. The summed E-state index contributed by atoms with van der Waals surface area (Å²) in [4.78, 5) is 19.9. The Kier molecular flexibility index (Phi) is 4.33. The number of nitrogens with one attached hydrogen (secondary N) is 2. The van der Waals surface area contributed by atoms with E-state index in [4.69, 9.17) is 9.47 Å². The fourth-order valence-corrected chi connectivity index (χ4v) is 1.57. The lowest BCUT2D eigenvalue weighted by Gasteiger charge is -2.11. The third kappa shape index (κ3) is 3.14. The average molecular weight is 274 g/mol. The first-order chi connectivity index (χ1) is 9.74. The Morgan fingerprint density at radius 2 is 1.40 bits per heavy atom. The quantitative estimate of drug-likeness (QED) is 0.892. The molecule has 0 fully saturated rings. The van der Waals surface area contributed by atoms with E-state index in [1.54, 1.807) is 36.7 Å². The number of ether oxygens (including phenoxy) is 2. The largest absolute Gasteiger partial charge is 0.480 e. The molecule has 20 heavy (non-hydrogen) atoms. The predicted octanol–water partition coefficient (Wildman–Crippen LogP) is 2.14. The summed E-state index contributed by atoms with van der Waals surface area (Å²) in [5, 5.41) is 5.28. The van der Waals surface area contributed by atoms with Crippen molar-refractivity contribution in [1.82, 2.24) is 9.97 Å². The van der Waals surface area contributed by atoms with E-state index in [-0.39, 0.29) is 0 Å². The van der Waals surface area contributed by atoms with Gasteiger partial charge in [0, 0.05) is 12.4 Å². The van der Waals surface area contributed by atoms with E-state index < -0.39 is 6.03 Å². The van der Waals surface area contributed by atoms with Crippen LogP contribution in [0.4, 0.5) is 16.2 Å². The molecule has 0 aromatic carbocycles. The van der Waals surface area contributed by atoms with Gasteiger partial charge in [-0.1, -0.05) is 0 Å². The maximum absolute atomic E-state index is 11.9. The molecule has 0 atom stereocenters. The van der Waals surface area contributed by atoms with Gasteiger partial charge in [-0.05, 0) is 24.3 Å². The van der Waals surface area contributed by atoms with Crippen LogP contribution >= 0.6 is 0 Å². The lowest BCUT2D eigenvalue weighted by atomic mass is 10.4. The Hall–Kier alpha value is -2.83. The van der Waals surface area contributed by atoms with Crippen LogP contribution in [0.5, 0.6) is 11.8 Å². The smallest absolute Gasteiger partial charge is 0.323 e. The van der Waals surface area contributed by atoms with E-state index in [0.29, 0.717) is 23.1 Å². The summed E-state index contributed by atoms with van der Waals surface area (Å²) in [5.41, 5.74) is 0.936. The SMILES string of the molecule is COc1ncccc1NC(=O)Nc1cccnc1OC. The molecule has 0 aliphatic carbocycles. The molecule has 0 aliphatic heterocycles. The van der Waals surface area contributed by atoms with E-state index >= 15 is 0 Å². The molecule has 7 heteroatoms. The zero-order chi connectivity index (χ0) is 14.4. The van der Waals surface area contributed by atoms with Crippen LogP contribution in [-0.4, -0.2) is 30.2 Å². The highest BCUT2D eigenvalue weighted by Gasteiger charge is 2.10. The minimum absolute atomic E-state index is 0.334. The fourth-order valence-electron chi connectivity index (χ4n) is 1.57. The van der Waals surface area contributed by atoms with Crippen molar-refractivity contribution in [1.29, 1.82) is 0 Å². The van der Waals surface area contributed by atoms with Crippen LogP contribution in [0.25, 0.3) is 0 Å². The Morgan fingerprint density at radius 1 is 0.950 bits per heavy atom. The molecule has 0 spiro atoms. The highest BCUT2D eigenvalue weighted by molar-refractivity contribution is 6.01. The molecule has 2 aromatic heterocycles. The molecule has 0 radical (unpaired) electrons. The number of pyridine rings is 2. The van der Waals surface area contributed by atoms with Gasteiger partial charge >= 0.3 is 6.03 Å². The molecule has 104 valence electrons. The van der Waals surface area contributed by atoms with Gasteiger partial charge in [0.1, 0.15) is 11.4 Å². The molecule has 2 aromatic rings. The Bertz CT molecular complexity index is 552. The van der Waals surface area contributed by atoms with Crippen molar-refractivity contribution in [2.24, 2.45) is 0 Å². The van der Waals surface area contributed by atoms with Crippen LogP contribution in [0, 0.1) is 0 Å². The lowest BCUT2D eigenvalue weighted by molar-refractivity contribution is 0.262.